The zero-order valence-electron chi connectivity index (χ0n) is 11.8. The lowest BCUT2D eigenvalue weighted by Gasteiger charge is -2.27. The van der Waals surface area contributed by atoms with Crippen LogP contribution in [-0.4, -0.2) is 16.8 Å². The SMILES string of the molecule is CC1(C(=O)Cc2ccnc3ccccc23)CCCC1N. The van der Waals surface area contributed by atoms with E-state index in [1.54, 1.807) is 6.20 Å². The third kappa shape index (κ3) is 2.12. The first-order valence-corrected chi connectivity index (χ1v) is 7.23. The minimum Gasteiger partial charge on any atom is -0.327 e. The van der Waals surface area contributed by atoms with Gasteiger partial charge in [0.1, 0.15) is 5.78 Å². The Hall–Kier alpha value is -1.74. The standard InChI is InChI=1S/C17H20N2O/c1-17(9-4-7-15(17)18)16(20)11-12-8-10-19-14-6-3-2-5-13(12)14/h2-3,5-6,8,10,15H,4,7,9,11,18H2,1H3. The van der Waals surface area contributed by atoms with E-state index in [1.165, 1.54) is 0 Å². The second-order valence-electron chi connectivity index (χ2n) is 6.00. The maximum absolute atomic E-state index is 12.7. The molecular formula is C17H20N2O. The maximum atomic E-state index is 12.7. The molecule has 0 radical (unpaired) electrons. The number of benzene rings is 1. The smallest absolute Gasteiger partial charge is 0.144 e. The molecule has 3 nitrogen and oxygen atoms in total. The van der Waals surface area contributed by atoms with Crippen LogP contribution in [0.15, 0.2) is 36.5 Å². The Morgan fingerprint density at radius 2 is 2.20 bits per heavy atom. The number of rotatable bonds is 3. The number of pyridine rings is 1. The van der Waals surface area contributed by atoms with Crippen LogP contribution >= 0.6 is 0 Å². The van der Waals surface area contributed by atoms with Gasteiger partial charge in [-0.3, -0.25) is 9.78 Å². The fraction of sp³-hybridized carbons (Fsp3) is 0.412. The number of fused-ring (bicyclic) bond motifs is 1. The highest BCUT2D eigenvalue weighted by atomic mass is 16.1. The Labute approximate surface area is 119 Å². The van der Waals surface area contributed by atoms with Crippen LogP contribution in [-0.2, 0) is 11.2 Å². The fourth-order valence-electron chi connectivity index (χ4n) is 3.22. The molecule has 0 aliphatic heterocycles. The molecule has 2 aromatic rings. The third-order valence-corrected chi connectivity index (χ3v) is 4.76. The van der Waals surface area contributed by atoms with E-state index >= 15 is 0 Å². The van der Waals surface area contributed by atoms with Crippen LogP contribution in [0.1, 0.15) is 31.7 Å². The number of ketones is 1. The van der Waals surface area contributed by atoms with Gasteiger partial charge in [0.2, 0.25) is 0 Å². The molecule has 1 aromatic heterocycles. The van der Waals surface area contributed by atoms with Gasteiger partial charge in [-0.05, 0) is 30.5 Å². The average molecular weight is 268 g/mol. The van der Waals surface area contributed by atoms with Crippen molar-refractivity contribution in [2.45, 2.75) is 38.6 Å². The Balaban J connectivity index is 1.92. The molecule has 20 heavy (non-hydrogen) atoms. The van der Waals surface area contributed by atoms with Crippen LogP contribution in [0, 0.1) is 5.41 Å². The van der Waals surface area contributed by atoms with E-state index in [9.17, 15) is 4.79 Å². The summed E-state index contributed by atoms with van der Waals surface area (Å²) in [7, 11) is 0. The van der Waals surface area contributed by atoms with Crippen LogP contribution in [0.4, 0.5) is 0 Å². The van der Waals surface area contributed by atoms with Crippen molar-refractivity contribution in [1.82, 2.24) is 4.98 Å². The lowest BCUT2D eigenvalue weighted by molar-refractivity contribution is -0.127. The lowest BCUT2D eigenvalue weighted by Crippen LogP contribution is -2.41. The maximum Gasteiger partial charge on any atom is 0.144 e. The van der Waals surface area contributed by atoms with Gasteiger partial charge in [-0.2, -0.15) is 0 Å². The molecule has 0 saturated heterocycles. The van der Waals surface area contributed by atoms with Gasteiger partial charge in [0.25, 0.3) is 0 Å². The van der Waals surface area contributed by atoms with Gasteiger partial charge in [0.15, 0.2) is 0 Å². The summed E-state index contributed by atoms with van der Waals surface area (Å²) in [4.78, 5) is 17.0. The zero-order valence-corrected chi connectivity index (χ0v) is 11.8. The number of nitrogens with two attached hydrogens (primary N) is 1. The lowest BCUT2D eigenvalue weighted by atomic mass is 9.78. The van der Waals surface area contributed by atoms with E-state index in [0.29, 0.717) is 6.42 Å². The van der Waals surface area contributed by atoms with Gasteiger partial charge >= 0.3 is 0 Å². The molecule has 2 atom stereocenters. The first-order chi connectivity index (χ1) is 9.61. The molecule has 3 heteroatoms. The molecule has 0 bridgehead atoms. The van der Waals surface area contributed by atoms with Crippen molar-refractivity contribution in [2.24, 2.45) is 11.1 Å². The Kier molecular flexibility index (Phi) is 3.30. The summed E-state index contributed by atoms with van der Waals surface area (Å²) in [6, 6.07) is 9.91. The van der Waals surface area contributed by atoms with E-state index in [2.05, 4.69) is 4.98 Å². The number of aromatic nitrogens is 1. The third-order valence-electron chi connectivity index (χ3n) is 4.76. The van der Waals surface area contributed by atoms with Crippen LogP contribution in [0.25, 0.3) is 10.9 Å². The van der Waals surface area contributed by atoms with E-state index < -0.39 is 0 Å². The second-order valence-corrected chi connectivity index (χ2v) is 6.00. The second kappa shape index (κ2) is 4.98. The summed E-state index contributed by atoms with van der Waals surface area (Å²) in [6.07, 6.45) is 5.16. The molecule has 3 rings (SSSR count). The first-order valence-electron chi connectivity index (χ1n) is 7.23. The highest BCUT2D eigenvalue weighted by Crippen LogP contribution is 2.38. The molecule has 0 amide bonds. The predicted molar refractivity (Wildman–Crippen MR) is 80.4 cm³/mol. The average Bonchev–Trinajstić information content (AvgIpc) is 2.80. The molecule has 0 spiro atoms. The highest BCUT2D eigenvalue weighted by molar-refractivity contribution is 5.92. The van der Waals surface area contributed by atoms with E-state index in [4.69, 9.17) is 5.73 Å². The van der Waals surface area contributed by atoms with Crippen molar-refractivity contribution in [3.05, 3.63) is 42.1 Å². The molecule has 2 unspecified atom stereocenters. The number of nitrogens with zero attached hydrogens (tertiary/aromatic N) is 1. The van der Waals surface area contributed by atoms with Gasteiger partial charge in [-0.15, -0.1) is 0 Å². The van der Waals surface area contributed by atoms with Crippen molar-refractivity contribution in [2.75, 3.05) is 0 Å². The summed E-state index contributed by atoms with van der Waals surface area (Å²) >= 11 is 0. The molecule has 1 aromatic carbocycles. The summed E-state index contributed by atoms with van der Waals surface area (Å²) in [5.41, 5.74) is 7.79. The minimum absolute atomic E-state index is 0.00287. The molecule has 1 saturated carbocycles. The largest absolute Gasteiger partial charge is 0.327 e. The van der Waals surface area contributed by atoms with Crippen LogP contribution in [0.2, 0.25) is 0 Å². The normalized spacial score (nSPS) is 26.0. The van der Waals surface area contributed by atoms with Crippen molar-refractivity contribution >= 4 is 16.7 Å². The van der Waals surface area contributed by atoms with Gasteiger partial charge in [0, 0.05) is 29.5 Å². The molecule has 1 fully saturated rings. The van der Waals surface area contributed by atoms with Gasteiger partial charge < -0.3 is 5.73 Å². The van der Waals surface area contributed by atoms with Crippen LogP contribution < -0.4 is 5.73 Å². The number of para-hydroxylation sites is 1. The van der Waals surface area contributed by atoms with E-state index in [-0.39, 0.29) is 17.2 Å². The summed E-state index contributed by atoms with van der Waals surface area (Å²) in [6.45, 7) is 2.02. The number of Topliss-reactive ketones (excluding diaryl/α,β-unsaturated/α-hetero) is 1. The Morgan fingerprint density at radius 1 is 1.40 bits per heavy atom. The summed E-state index contributed by atoms with van der Waals surface area (Å²) < 4.78 is 0. The summed E-state index contributed by atoms with van der Waals surface area (Å²) in [5, 5.41) is 1.07. The number of hydrogen-bond donors (Lipinski definition) is 1. The van der Waals surface area contributed by atoms with Gasteiger partial charge in [-0.1, -0.05) is 31.5 Å². The highest BCUT2D eigenvalue weighted by Gasteiger charge is 2.42. The molecule has 1 heterocycles. The van der Waals surface area contributed by atoms with Gasteiger partial charge in [-0.25, -0.2) is 0 Å². The Bertz CT molecular complexity index is 647. The zero-order chi connectivity index (χ0) is 14.2. The first kappa shape index (κ1) is 13.3. The Morgan fingerprint density at radius 3 is 2.95 bits per heavy atom. The van der Waals surface area contributed by atoms with Gasteiger partial charge in [0.05, 0.1) is 5.52 Å². The topological polar surface area (TPSA) is 56.0 Å². The predicted octanol–water partition coefficient (Wildman–Crippen LogP) is 2.86. The fourth-order valence-corrected chi connectivity index (χ4v) is 3.22. The molecule has 2 N–H and O–H groups in total. The molecule has 1 aliphatic carbocycles. The van der Waals surface area contributed by atoms with Crippen LogP contribution in [0.3, 0.4) is 0 Å². The number of carbonyl (C=O) groups excluding carboxylic acids is 1. The van der Waals surface area contributed by atoms with Crippen molar-refractivity contribution < 1.29 is 4.79 Å². The summed E-state index contributed by atoms with van der Waals surface area (Å²) in [5.74, 6) is 0.263. The molecule has 104 valence electrons. The van der Waals surface area contributed by atoms with Crippen LogP contribution in [0.5, 0.6) is 0 Å². The van der Waals surface area contributed by atoms with Crippen molar-refractivity contribution in [3.63, 3.8) is 0 Å². The van der Waals surface area contributed by atoms with Crippen molar-refractivity contribution in [3.8, 4) is 0 Å². The van der Waals surface area contributed by atoms with Crippen molar-refractivity contribution in [1.29, 1.82) is 0 Å². The monoisotopic (exact) mass is 268 g/mol. The number of hydrogen-bond acceptors (Lipinski definition) is 3. The quantitative estimate of drug-likeness (QED) is 0.931. The molecule has 1 aliphatic rings. The minimum atomic E-state index is -0.357. The van der Waals surface area contributed by atoms with E-state index in [1.807, 2.05) is 37.3 Å². The molecular weight excluding hydrogens is 248 g/mol. The number of carbonyl (C=O) groups is 1. The van der Waals surface area contributed by atoms with E-state index in [0.717, 1.165) is 35.7 Å².